The van der Waals surface area contributed by atoms with Gasteiger partial charge in [0.05, 0.1) is 4.92 Å². The minimum absolute atomic E-state index is 0.0784. The number of carbonyl (C=O) groups is 1. The molecule has 1 atom stereocenters. The lowest BCUT2D eigenvalue weighted by Gasteiger charge is -2.12. The van der Waals surface area contributed by atoms with Crippen LogP contribution >= 0.6 is 0 Å². The Morgan fingerprint density at radius 1 is 1.36 bits per heavy atom. The summed E-state index contributed by atoms with van der Waals surface area (Å²) < 4.78 is 5.36. The lowest BCUT2D eigenvalue weighted by atomic mass is 10.2. The van der Waals surface area contributed by atoms with Crippen molar-refractivity contribution in [2.24, 2.45) is 0 Å². The van der Waals surface area contributed by atoms with E-state index in [1.54, 1.807) is 6.07 Å². The highest BCUT2D eigenvalue weighted by molar-refractivity contribution is 5.94. The molecule has 2 heterocycles. The van der Waals surface area contributed by atoms with E-state index in [4.69, 9.17) is 4.74 Å². The van der Waals surface area contributed by atoms with Crippen molar-refractivity contribution in [2.45, 2.75) is 25.5 Å². The van der Waals surface area contributed by atoms with Crippen LogP contribution in [0.3, 0.4) is 0 Å². The molecule has 1 aromatic carbocycles. The number of pyridine rings is 1. The normalized spacial score (nSPS) is 16.4. The molecular formula is C17H18N4O4. The molecular weight excluding hydrogens is 324 g/mol. The van der Waals surface area contributed by atoms with Crippen LogP contribution in [0.1, 0.15) is 18.4 Å². The summed E-state index contributed by atoms with van der Waals surface area (Å²) in [6.07, 6.45) is 2.73. The fraction of sp³-hybridized carbons (Fsp3) is 0.294. The highest BCUT2D eigenvalue weighted by Gasteiger charge is 2.23. The van der Waals surface area contributed by atoms with E-state index in [-0.39, 0.29) is 17.4 Å². The van der Waals surface area contributed by atoms with Crippen LogP contribution < -0.4 is 10.6 Å². The van der Waals surface area contributed by atoms with E-state index in [1.807, 2.05) is 18.2 Å². The Hall–Kier alpha value is -3.00. The molecule has 8 heteroatoms. The van der Waals surface area contributed by atoms with Gasteiger partial charge < -0.3 is 15.4 Å². The molecule has 1 fully saturated rings. The van der Waals surface area contributed by atoms with Crippen LogP contribution in [-0.4, -0.2) is 28.5 Å². The van der Waals surface area contributed by atoms with E-state index in [0.717, 1.165) is 18.4 Å². The Balaban J connectivity index is 1.64. The van der Waals surface area contributed by atoms with Crippen molar-refractivity contribution in [1.82, 2.24) is 4.98 Å². The molecule has 2 aromatic rings. The van der Waals surface area contributed by atoms with Crippen LogP contribution in [0.15, 0.2) is 42.6 Å². The minimum Gasteiger partial charge on any atom is -0.368 e. The molecule has 0 spiro atoms. The summed E-state index contributed by atoms with van der Waals surface area (Å²) in [7, 11) is 0. The Morgan fingerprint density at radius 2 is 2.24 bits per heavy atom. The molecule has 1 amide bonds. The molecule has 1 saturated heterocycles. The molecule has 1 aliphatic rings. The number of benzene rings is 1. The first kappa shape index (κ1) is 16.8. The van der Waals surface area contributed by atoms with E-state index in [0.29, 0.717) is 18.8 Å². The number of amides is 1. The van der Waals surface area contributed by atoms with Crippen molar-refractivity contribution in [2.75, 3.05) is 17.2 Å². The average molecular weight is 342 g/mol. The fourth-order valence-electron chi connectivity index (χ4n) is 2.63. The Bertz CT molecular complexity index is 775. The van der Waals surface area contributed by atoms with Crippen molar-refractivity contribution >= 4 is 23.1 Å². The number of hydrogen-bond donors (Lipinski definition) is 2. The molecule has 25 heavy (non-hydrogen) atoms. The minimum atomic E-state index is -0.479. The second-order valence-electron chi connectivity index (χ2n) is 5.67. The summed E-state index contributed by atoms with van der Waals surface area (Å²) in [5.41, 5.74) is 1.45. The van der Waals surface area contributed by atoms with Gasteiger partial charge in [-0.2, -0.15) is 0 Å². The number of aromatic nitrogens is 1. The number of nitro groups is 1. The zero-order chi connectivity index (χ0) is 17.6. The third kappa shape index (κ3) is 4.30. The third-order valence-electron chi connectivity index (χ3n) is 3.86. The van der Waals surface area contributed by atoms with Gasteiger partial charge in [0.25, 0.3) is 5.91 Å². The van der Waals surface area contributed by atoms with Crippen LogP contribution in [0.5, 0.6) is 0 Å². The van der Waals surface area contributed by atoms with Gasteiger partial charge in [0.2, 0.25) is 5.82 Å². The highest BCUT2D eigenvalue weighted by Crippen LogP contribution is 2.22. The molecule has 0 bridgehead atoms. The van der Waals surface area contributed by atoms with Gasteiger partial charge in [0, 0.05) is 31.1 Å². The Morgan fingerprint density at radius 3 is 3.00 bits per heavy atom. The lowest BCUT2D eigenvalue weighted by molar-refractivity contribution is -0.384. The van der Waals surface area contributed by atoms with Crippen LogP contribution in [-0.2, 0) is 16.1 Å². The summed E-state index contributed by atoms with van der Waals surface area (Å²) in [5, 5.41) is 16.8. The van der Waals surface area contributed by atoms with Gasteiger partial charge in [-0.25, -0.2) is 4.98 Å². The van der Waals surface area contributed by atoms with Gasteiger partial charge in [-0.05, 0) is 36.6 Å². The van der Waals surface area contributed by atoms with E-state index in [1.165, 1.54) is 18.3 Å². The maximum Gasteiger partial charge on any atom is 0.311 e. The maximum absolute atomic E-state index is 12.1. The number of anilines is 2. The Kier molecular flexibility index (Phi) is 5.20. The number of ether oxygens (including phenoxy) is 1. The quantitative estimate of drug-likeness (QED) is 0.617. The highest BCUT2D eigenvalue weighted by atomic mass is 16.6. The standard InChI is InChI=1S/C17H18N4O4/c22-17(15-7-3-9-25-15)20-13-5-1-4-12(10-13)11-19-16-14(21(23)24)6-2-8-18-16/h1-2,4-6,8,10,15H,3,7,9,11H2,(H,18,19)(H,20,22). The molecule has 1 aliphatic heterocycles. The van der Waals surface area contributed by atoms with Crippen LogP contribution in [0.25, 0.3) is 0 Å². The predicted molar refractivity (Wildman–Crippen MR) is 92.3 cm³/mol. The predicted octanol–water partition coefficient (Wildman–Crippen LogP) is 2.72. The molecule has 0 aliphatic carbocycles. The summed E-state index contributed by atoms with van der Waals surface area (Å²) in [6.45, 7) is 0.965. The number of carbonyl (C=O) groups excluding carboxylic acids is 1. The SMILES string of the molecule is O=C(Nc1cccc(CNc2ncccc2[N+](=O)[O-])c1)C1CCCO1. The monoisotopic (exact) mass is 342 g/mol. The van der Waals surface area contributed by atoms with Crippen LogP contribution in [0, 0.1) is 10.1 Å². The first-order chi connectivity index (χ1) is 12.1. The molecule has 8 nitrogen and oxygen atoms in total. The van der Waals surface area contributed by atoms with Gasteiger partial charge >= 0.3 is 5.69 Å². The van der Waals surface area contributed by atoms with Crippen molar-refractivity contribution in [3.8, 4) is 0 Å². The molecule has 130 valence electrons. The van der Waals surface area contributed by atoms with Crippen LogP contribution in [0.2, 0.25) is 0 Å². The molecule has 2 N–H and O–H groups in total. The van der Waals surface area contributed by atoms with E-state index < -0.39 is 11.0 Å². The van der Waals surface area contributed by atoms with E-state index in [9.17, 15) is 14.9 Å². The van der Waals surface area contributed by atoms with Gasteiger partial charge in [-0.15, -0.1) is 0 Å². The first-order valence-electron chi connectivity index (χ1n) is 7.98. The van der Waals surface area contributed by atoms with Crippen molar-refractivity contribution < 1.29 is 14.5 Å². The summed E-state index contributed by atoms with van der Waals surface area (Å²) in [6, 6.07) is 10.2. The zero-order valence-electron chi connectivity index (χ0n) is 13.5. The average Bonchev–Trinajstić information content (AvgIpc) is 3.15. The number of hydrogen-bond acceptors (Lipinski definition) is 6. The molecule has 0 saturated carbocycles. The molecule has 1 unspecified atom stereocenters. The first-order valence-corrected chi connectivity index (χ1v) is 7.98. The van der Waals surface area contributed by atoms with Crippen molar-refractivity contribution in [3.05, 3.63) is 58.3 Å². The zero-order valence-corrected chi connectivity index (χ0v) is 13.5. The number of nitrogens with one attached hydrogen (secondary N) is 2. The number of rotatable bonds is 6. The van der Waals surface area contributed by atoms with Crippen molar-refractivity contribution in [3.63, 3.8) is 0 Å². The summed E-state index contributed by atoms with van der Waals surface area (Å²) in [4.78, 5) is 26.6. The molecule has 1 aromatic heterocycles. The topological polar surface area (TPSA) is 106 Å². The van der Waals surface area contributed by atoms with Crippen LogP contribution in [0.4, 0.5) is 17.2 Å². The smallest absolute Gasteiger partial charge is 0.311 e. The number of nitrogens with zero attached hydrogens (tertiary/aromatic N) is 2. The molecule has 0 radical (unpaired) electrons. The summed E-state index contributed by atoms with van der Waals surface area (Å²) in [5.74, 6) is 0.0595. The maximum atomic E-state index is 12.1. The lowest BCUT2D eigenvalue weighted by Crippen LogP contribution is -2.26. The van der Waals surface area contributed by atoms with Gasteiger partial charge in [-0.3, -0.25) is 14.9 Å². The third-order valence-corrected chi connectivity index (χ3v) is 3.86. The molecule has 3 rings (SSSR count). The van der Waals surface area contributed by atoms with Crippen molar-refractivity contribution in [1.29, 1.82) is 0 Å². The Labute approximate surface area is 144 Å². The summed E-state index contributed by atoms with van der Waals surface area (Å²) >= 11 is 0. The second kappa shape index (κ2) is 7.71. The van der Waals surface area contributed by atoms with Gasteiger partial charge in [0.1, 0.15) is 6.10 Å². The second-order valence-corrected chi connectivity index (χ2v) is 5.67. The largest absolute Gasteiger partial charge is 0.368 e. The van der Waals surface area contributed by atoms with E-state index in [2.05, 4.69) is 15.6 Å². The van der Waals surface area contributed by atoms with Gasteiger partial charge in [0.15, 0.2) is 0 Å². The van der Waals surface area contributed by atoms with E-state index >= 15 is 0 Å². The van der Waals surface area contributed by atoms with Gasteiger partial charge in [-0.1, -0.05) is 12.1 Å². The fourth-order valence-corrected chi connectivity index (χ4v) is 2.63.